The molecule has 0 aliphatic rings. The van der Waals surface area contributed by atoms with E-state index in [-0.39, 0.29) is 22.1 Å². The number of hydrogen-bond donors (Lipinski definition) is 1. The number of benzene rings is 2. The Kier molecular flexibility index (Phi) is 5.28. The summed E-state index contributed by atoms with van der Waals surface area (Å²) >= 11 is 5.95. The summed E-state index contributed by atoms with van der Waals surface area (Å²) < 4.78 is 66.0. The Morgan fingerprint density at radius 2 is 1.64 bits per heavy atom. The highest BCUT2D eigenvalue weighted by molar-refractivity contribution is 6.33. The third-order valence-corrected chi connectivity index (χ3v) is 3.98. The summed E-state index contributed by atoms with van der Waals surface area (Å²) in [5.74, 6) is -3.54. The van der Waals surface area contributed by atoms with Gasteiger partial charge in [-0.2, -0.15) is 13.2 Å². The summed E-state index contributed by atoms with van der Waals surface area (Å²) in [7, 11) is 0. The minimum absolute atomic E-state index is 0.0482. The molecule has 0 aliphatic carbocycles. The van der Waals surface area contributed by atoms with Crippen molar-refractivity contribution < 1.29 is 26.7 Å². The number of amides is 1. The number of nitrogens with zero attached hydrogens (tertiary/aromatic N) is 2. The molecule has 0 radical (unpaired) electrons. The topological polar surface area (TPSA) is 54.9 Å². The molecule has 2 aromatic carbocycles. The zero-order valence-electron chi connectivity index (χ0n) is 13.7. The average Bonchev–Trinajstić information content (AvgIpc) is 2.61. The Bertz CT molecular complexity index is 1040. The van der Waals surface area contributed by atoms with Gasteiger partial charge in [0, 0.05) is 18.0 Å². The van der Waals surface area contributed by atoms with Gasteiger partial charge in [0.2, 0.25) is 0 Å². The Labute approximate surface area is 160 Å². The van der Waals surface area contributed by atoms with E-state index in [4.69, 9.17) is 11.6 Å². The van der Waals surface area contributed by atoms with Crippen LogP contribution in [-0.2, 0) is 6.18 Å². The second kappa shape index (κ2) is 7.51. The van der Waals surface area contributed by atoms with Crippen LogP contribution in [0.5, 0.6) is 0 Å². The van der Waals surface area contributed by atoms with E-state index in [0.717, 1.165) is 30.3 Å². The zero-order chi connectivity index (χ0) is 20.5. The molecule has 0 saturated heterocycles. The largest absolute Gasteiger partial charge is 0.416 e. The Hall–Kier alpha value is -3.07. The van der Waals surface area contributed by atoms with Gasteiger partial charge in [-0.05, 0) is 24.3 Å². The number of aromatic nitrogens is 2. The average molecular weight is 414 g/mol. The molecule has 0 aliphatic heterocycles. The number of halogens is 6. The second-order valence-electron chi connectivity index (χ2n) is 5.50. The van der Waals surface area contributed by atoms with Gasteiger partial charge in [-0.1, -0.05) is 23.7 Å². The third kappa shape index (κ3) is 3.94. The van der Waals surface area contributed by atoms with Gasteiger partial charge in [-0.3, -0.25) is 9.78 Å². The molecular weight excluding hydrogens is 405 g/mol. The highest BCUT2D eigenvalue weighted by Crippen LogP contribution is 2.36. The summed E-state index contributed by atoms with van der Waals surface area (Å²) in [6.07, 6.45) is -2.18. The van der Waals surface area contributed by atoms with Gasteiger partial charge in [-0.15, -0.1) is 0 Å². The number of hydrogen-bond acceptors (Lipinski definition) is 3. The number of carbonyl (C=O) groups is 1. The molecule has 1 heterocycles. The number of rotatable bonds is 3. The summed E-state index contributed by atoms with van der Waals surface area (Å²) in [6.45, 7) is 0. The van der Waals surface area contributed by atoms with Crippen molar-refractivity contribution in [1.82, 2.24) is 9.97 Å². The maximum absolute atomic E-state index is 13.8. The summed E-state index contributed by atoms with van der Waals surface area (Å²) in [6, 6.07) is 5.46. The molecule has 0 bridgehead atoms. The van der Waals surface area contributed by atoms with Crippen molar-refractivity contribution in [2.24, 2.45) is 0 Å². The van der Waals surface area contributed by atoms with E-state index in [1.807, 2.05) is 0 Å². The fraction of sp³-hybridized carbons (Fsp3) is 0.0556. The van der Waals surface area contributed by atoms with Crippen LogP contribution in [0.3, 0.4) is 0 Å². The molecule has 1 N–H and O–H groups in total. The lowest BCUT2D eigenvalue weighted by atomic mass is 10.1. The van der Waals surface area contributed by atoms with Crippen LogP contribution in [0.1, 0.15) is 15.9 Å². The number of anilines is 1. The number of carbonyl (C=O) groups excluding carboxylic acids is 1. The first kappa shape index (κ1) is 19.7. The summed E-state index contributed by atoms with van der Waals surface area (Å²) in [4.78, 5) is 20.1. The molecule has 0 atom stereocenters. The van der Waals surface area contributed by atoms with Crippen molar-refractivity contribution in [3.63, 3.8) is 0 Å². The van der Waals surface area contributed by atoms with E-state index in [2.05, 4.69) is 15.3 Å². The number of nitrogens with one attached hydrogen (secondary N) is 1. The maximum atomic E-state index is 13.8. The molecule has 0 fully saturated rings. The first-order chi connectivity index (χ1) is 13.2. The van der Waals surface area contributed by atoms with Crippen molar-refractivity contribution in [3.05, 3.63) is 76.6 Å². The van der Waals surface area contributed by atoms with Gasteiger partial charge >= 0.3 is 6.18 Å². The number of alkyl halides is 3. The summed E-state index contributed by atoms with van der Waals surface area (Å²) in [5.41, 5.74) is -1.82. The Morgan fingerprint density at radius 3 is 2.25 bits per heavy atom. The SMILES string of the molecule is O=C(Nc1nccnc1-c1ccc(C(F)(F)F)cc1Cl)c1c(F)cccc1F. The van der Waals surface area contributed by atoms with Gasteiger partial charge in [0.15, 0.2) is 5.82 Å². The van der Waals surface area contributed by atoms with Gasteiger partial charge in [-0.25, -0.2) is 13.8 Å². The monoisotopic (exact) mass is 413 g/mol. The molecule has 0 spiro atoms. The van der Waals surface area contributed by atoms with Crippen LogP contribution in [0, 0.1) is 11.6 Å². The summed E-state index contributed by atoms with van der Waals surface area (Å²) in [5, 5.41) is 1.92. The molecule has 4 nitrogen and oxygen atoms in total. The first-order valence-corrected chi connectivity index (χ1v) is 7.99. The Balaban J connectivity index is 2.00. The molecule has 10 heteroatoms. The van der Waals surface area contributed by atoms with Crippen molar-refractivity contribution >= 4 is 23.3 Å². The van der Waals surface area contributed by atoms with Crippen LogP contribution in [0.15, 0.2) is 48.8 Å². The first-order valence-electron chi connectivity index (χ1n) is 7.62. The van der Waals surface area contributed by atoms with Crippen LogP contribution in [0.25, 0.3) is 11.3 Å². The molecule has 1 amide bonds. The Morgan fingerprint density at radius 1 is 1.00 bits per heavy atom. The van der Waals surface area contributed by atoms with Crippen molar-refractivity contribution in [2.75, 3.05) is 5.32 Å². The normalized spacial score (nSPS) is 11.4. The van der Waals surface area contributed by atoms with Crippen LogP contribution in [0.2, 0.25) is 5.02 Å². The van der Waals surface area contributed by atoms with Crippen LogP contribution in [-0.4, -0.2) is 15.9 Å². The molecule has 0 unspecified atom stereocenters. The molecule has 3 aromatic rings. The highest BCUT2D eigenvalue weighted by Gasteiger charge is 2.31. The van der Waals surface area contributed by atoms with Gasteiger partial charge < -0.3 is 5.32 Å². The van der Waals surface area contributed by atoms with Crippen LogP contribution in [0.4, 0.5) is 27.8 Å². The van der Waals surface area contributed by atoms with Crippen LogP contribution >= 0.6 is 11.6 Å². The maximum Gasteiger partial charge on any atom is 0.416 e. The molecular formula is C18H9ClF5N3O. The fourth-order valence-electron chi connectivity index (χ4n) is 2.39. The lowest BCUT2D eigenvalue weighted by Crippen LogP contribution is -2.17. The molecule has 144 valence electrons. The predicted molar refractivity (Wildman–Crippen MR) is 91.8 cm³/mol. The molecule has 28 heavy (non-hydrogen) atoms. The van der Waals surface area contributed by atoms with Gasteiger partial charge in [0.25, 0.3) is 5.91 Å². The molecule has 0 saturated carbocycles. The lowest BCUT2D eigenvalue weighted by Gasteiger charge is -2.13. The molecule has 1 aromatic heterocycles. The fourth-order valence-corrected chi connectivity index (χ4v) is 2.66. The second-order valence-corrected chi connectivity index (χ2v) is 5.90. The van der Waals surface area contributed by atoms with Gasteiger partial charge in [0.1, 0.15) is 22.9 Å². The van der Waals surface area contributed by atoms with E-state index >= 15 is 0 Å². The van der Waals surface area contributed by atoms with E-state index in [1.165, 1.54) is 12.4 Å². The highest BCUT2D eigenvalue weighted by atomic mass is 35.5. The lowest BCUT2D eigenvalue weighted by molar-refractivity contribution is -0.137. The quantitative estimate of drug-likeness (QED) is 0.589. The van der Waals surface area contributed by atoms with Gasteiger partial charge in [0.05, 0.1) is 10.6 Å². The van der Waals surface area contributed by atoms with E-state index < -0.39 is 34.8 Å². The zero-order valence-corrected chi connectivity index (χ0v) is 14.4. The van der Waals surface area contributed by atoms with E-state index in [1.54, 1.807) is 0 Å². The minimum Gasteiger partial charge on any atom is -0.305 e. The van der Waals surface area contributed by atoms with E-state index in [9.17, 15) is 26.7 Å². The van der Waals surface area contributed by atoms with Crippen molar-refractivity contribution in [1.29, 1.82) is 0 Å². The van der Waals surface area contributed by atoms with E-state index in [0.29, 0.717) is 6.07 Å². The predicted octanol–water partition coefficient (Wildman–Crippen LogP) is 5.35. The van der Waals surface area contributed by atoms with Crippen molar-refractivity contribution in [3.8, 4) is 11.3 Å². The van der Waals surface area contributed by atoms with Crippen molar-refractivity contribution in [2.45, 2.75) is 6.18 Å². The third-order valence-electron chi connectivity index (χ3n) is 3.67. The standard InChI is InChI=1S/C18H9ClF5N3O/c19-11-8-9(18(22,23)24)4-5-10(11)15-16(26-7-6-25-15)27-17(28)14-12(20)2-1-3-13(14)21/h1-8H,(H,26,27,28). The smallest absolute Gasteiger partial charge is 0.305 e. The molecule has 3 rings (SSSR count). The minimum atomic E-state index is -4.59. The van der Waals surface area contributed by atoms with Crippen LogP contribution < -0.4 is 5.32 Å².